The number of hydrogen-bond donors (Lipinski definition) is 0. The molecule has 0 radical (unpaired) electrons. The first-order chi connectivity index (χ1) is 9.45. The van der Waals surface area contributed by atoms with Gasteiger partial charge in [-0.25, -0.2) is 4.98 Å². The lowest BCUT2D eigenvalue weighted by molar-refractivity contribution is -0.137. The lowest BCUT2D eigenvalue weighted by atomic mass is 10.1. The highest BCUT2D eigenvalue weighted by atomic mass is 127. The SMILES string of the molecule is FC(F)(F)c1ccc(-c2cn3c(I)cnc3cn2)cc1. The molecule has 0 N–H and O–H groups in total. The molecular formula is C13H7F3IN3. The quantitative estimate of drug-likeness (QED) is 0.589. The summed E-state index contributed by atoms with van der Waals surface area (Å²) in [7, 11) is 0. The molecule has 0 aliphatic heterocycles. The van der Waals surface area contributed by atoms with Crippen LogP contribution in [-0.2, 0) is 6.18 Å². The first kappa shape index (κ1) is 13.3. The molecule has 0 aliphatic carbocycles. The van der Waals surface area contributed by atoms with Gasteiger partial charge in [-0.2, -0.15) is 13.2 Å². The maximum Gasteiger partial charge on any atom is 0.416 e. The van der Waals surface area contributed by atoms with E-state index in [2.05, 4.69) is 32.6 Å². The van der Waals surface area contributed by atoms with Gasteiger partial charge < -0.3 is 0 Å². The van der Waals surface area contributed by atoms with Crippen molar-refractivity contribution in [1.29, 1.82) is 0 Å². The highest BCUT2D eigenvalue weighted by molar-refractivity contribution is 14.1. The lowest BCUT2D eigenvalue weighted by Gasteiger charge is -2.07. The Morgan fingerprint density at radius 2 is 1.70 bits per heavy atom. The zero-order chi connectivity index (χ0) is 14.3. The van der Waals surface area contributed by atoms with E-state index in [0.717, 1.165) is 15.8 Å². The highest BCUT2D eigenvalue weighted by Crippen LogP contribution is 2.30. The number of rotatable bonds is 1. The van der Waals surface area contributed by atoms with Gasteiger partial charge in [0.25, 0.3) is 0 Å². The van der Waals surface area contributed by atoms with E-state index in [0.29, 0.717) is 16.9 Å². The van der Waals surface area contributed by atoms with E-state index >= 15 is 0 Å². The summed E-state index contributed by atoms with van der Waals surface area (Å²) in [5.74, 6) is 0. The van der Waals surface area contributed by atoms with E-state index in [4.69, 9.17) is 0 Å². The molecule has 1 aromatic carbocycles. The number of halogens is 4. The fraction of sp³-hybridized carbons (Fsp3) is 0.0769. The zero-order valence-electron chi connectivity index (χ0n) is 9.89. The van der Waals surface area contributed by atoms with Gasteiger partial charge in [-0.1, -0.05) is 12.1 Å². The normalized spacial score (nSPS) is 12.0. The van der Waals surface area contributed by atoms with E-state index in [9.17, 15) is 13.2 Å². The molecule has 0 aliphatic rings. The first-order valence-corrected chi connectivity index (χ1v) is 6.69. The maximum absolute atomic E-state index is 12.5. The molecule has 0 saturated carbocycles. The Bertz CT molecular complexity index is 763. The summed E-state index contributed by atoms with van der Waals surface area (Å²) in [6.07, 6.45) is 0.728. The van der Waals surface area contributed by atoms with Gasteiger partial charge in [0.1, 0.15) is 3.70 Å². The van der Waals surface area contributed by atoms with E-state index in [1.54, 1.807) is 18.6 Å². The van der Waals surface area contributed by atoms with E-state index in [1.165, 1.54) is 12.1 Å². The fourth-order valence-corrected chi connectivity index (χ4v) is 2.36. The average molecular weight is 389 g/mol. The Morgan fingerprint density at radius 3 is 2.35 bits per heavy atom. The molecule has 0 unspecified atom stereocenters. The molecule has 2 heterocycles. The summed E-state index contributed by atoms with van der Waals surface area (Å²) in [6.45, 7) is 0. The van der Waals surface area contributed by atoms with Crippen molar-refractivity contribution < 1.29 is 13.2 Å². The minimum absolute atomic E-state index is 0.599. The molecular weight excluding hydrogens is 382 g/mol. The number of imidazole rings is 1. The van der Waals surface area contributed by atoms with Crippen LogP contribution in [-0.4, -0.2) is 14.4 Å². The molecule has 0 bridgehead atoms. The van der Waals surface area contributed by atoms with Gasteiger partial charge in [-0.15, -0.1) is 0 Å². The number of benzene rings is 1. The Balaban J connectivity index is 2.04. The number of alkyl halides is 3. The van der Waals surface area contributed by atoms with Gasteiger partial charge in [0.05, 0.1) is 23.7 Å². The second kappa shape index (κ2) is 4.72. The Hall–Kier alpha value is -1.64. The molecule has 0 saturated heterocycles. The summed E-state index contributed by atoms with van der Waals surface area (Å²) < 4.78 is 40.3. The van der Waals surface area contributed by atoms with Gasteiger partial charge >= 0.3 is 6.18 Å². The molecule has 0 amide bonds. The van der Waals surface area contributed by atoms with Crippen LogP contribution >= 0.6 is 22.6 Å². The first-order valence-electron chi connectivity index (χ1n) is 5.61. The topological polar surface area (TPSA) is 30.2 Å². The second-order valence-electron chi connectivity index (χ2n) is 4.16. The van der Waals surface area contributed by atoms with Crippen LogP contribution in [0.15, 0.2) is 42.9 Å². The third kappa shape index (κ3) is 2.37. The molecule has 0 fully saturated rings. The van der Waals surface area contributed by atoms with Crippen molar-refractivity contribution in [2.24, 2.45) is 0 Å². The van der Waals surface area contributed by atoms with Gasteiger partial charge in [0.2, 0.25) is 0 Å². The van der Waals surface area contributed by atoms with Crippen LogP contribution < -0.4 is 0 Å². The minimum atomic E-state index is -4.32. The smallest absolute Gasteiger partial charge is 0.291 e. The van der Waals surface area contributed by atoms with E-state index < -0.39 is 11.7 Å². The lowest BCUT2D eigenvalue weighted by Crippen LogP contribution is -2.04. The van der Waals surface area contributed by atoms with Gasteiger partial charge in [-0.3, -0.25) is 9.38 Å². The van der Waals surface area contributed by atoms with Crippen LogP contribution in [0.2, 0.25) is 0 Å². The molecule has 3 nitrogen and oxygen atoms in total. The van der Waals surface area contributed by atoms with Gasteiger partial charge in [0, 0.05) is 11.8 Å². The van der Waals surface area contributed by atoms with Crippen LogP contribution in [0.4, 0.5) is 13.2 Å². The number of nitrogens with zero attached hydrogens (tertiary/aromatic N) is 3. The molecule has 3 rings (SSSR count). The van der Waals surface area contributed by atoms with Crippen molar-refractivity contribution in [2.75, 3.05) is 0 Å². The number of hydrogen-bond acceptors (Lipinski definition) is 2. The summed E-state index contributed by atoms with van der Waals surface area (Å²) in [6, 6.07) is 4.95. The molecule has 2 aromatic heterocycles. The summed E-state index contributed by atoms with van der Waals surface area (Å²) in [5, 5.41) is 0. The Labute approximate surface area is 125 Å². The van der Waals surface area contributed by atoms with Crippen LogP contribution in [0.3, 0.4) is 0 Å². The third-order valence-corrected chi connectivity index (χ3v) is 3.66. The van der Waals surface area contributed by atoms with Crippen LogP contribution in [0, 0.1) is 3.70 Å². The molecule has 0 spiro atoms. The van der Waals surface area contributed by atoms with E-state index in [-0.39, 0.29) is 0 Å². The van der Waals surface area contributed by atoms with Crippen LogP contribution in [0.25, 0.3) is 16.9 Å². The van der Waals surface area contributed by atoms with Crippen molar-refractivity contribution in [2.45, 2.75) is 6.18 Å². The standard InChI is InChI=1S/C13H7F3IN3/c14-13(15,16)9-3-1-8(2-4-9)10-7-20-11(17)5-19-12(20)6-18-10/h1-7H. The predicted molar refractivity (Wildman–Crippen MR) is 76.1 cm³/mol. The van der Waals surface area contributed by atoms with Crippen LogP contribution in [0.5, 0.6) is 0 Å². The molecule has 102 valence electrons. The summed E-state index contributed by atoms with van der Waals surface area (Å²) in [5.41, 5.74) is 1.26. The zero-order valence-corrected chi connectivity index (χ0v) is 12.1. The van der Waals surface area contributed by atoms with Crippen LogP contribution in [0.1, 0.15) is 5.56 Å². The molecule has 20 heavy (non-hydrogen) atoms. The predicted octanol–water partition coefficient (Wildman–Crippen LogP) is 4.02. The molecule has 7 heteroatoms. The van der Waals surface area contributed by atoms with E-state index in [1.807, 2.05) is 4.40 Å². The van der Waals surface area contributed by atoms with Crippen molar-refractivity contribution in [3.63, 3.8) is 0 Å². The Morgan fingerprint density at radius 1 is 1.00 bits per heavy atom. The summed E-state index contributed by atoms with van der Waals surface area (Å²) in [4.78, 5) is 8.36. The third-order valence-electron chi connectivity index (χ3n) is 2.86. The number of aromatic nitrogens is 3. The van der Waals surface area contributed by atoms with Crippen molar-refractivity contribution in [3.05, 3.63) is 52.1 Å². The van der Waals surface area contributed by atoms with Crippen molar-refractivity contribution in [1.82, 2.24) is 14.4 Å². The highest BCUT2D eigenvalue weighted by Gasteiger charge is 2.30. The van der Waals surface area contributed by atoms with Gasteiger partial charge in [0.15, 0.2) is 5.65 Å². The second-order valence-corrected chi connectivity index (χ2v) is 5.26. The fourth-order valence-electron chi connectivity index (χ4n) is 1.84. The Kier molecular flexibility index (Phi) is 3.15. The largest absolute Gasteiger partial charge is 0.416 e. The van der Waals surface area contributed by atoms with Crippen molar-refractivity contribution >= 4 is 28.2 Å². The molecule has 3 aromatic rings. The average Bonchev–Trinajstić information content (AvgIpc) is 2.79. The minimum Gasteiger partial charge on any atom is -0.291 e. The van der Waals surface area contributed by atoms with Crippen molar-refractivity contribution in [3.8, 4) is 11.3 Å². The number of fused-ring (bicyclic) bond motifs is 1. The summed E-state index contributed by atoms with van der Waals surface area (Å²) >= 11 is 2.13. The maximum atomic E-state index is 12.5. The molecule has 0 atom stereocenters. The van der Waals surface area contributed by atoms with Gasteiger partial charge in [-0.05, 0) is 34.7 Å². The monoisotopic (exact) mass is 389 g/mol.